The summed E-state index contributed by atoms with van der Waals surface area (Å²) in [5.74, 6) is 0.800. The van der Waals surface area contributed by atoms with Crippen LogP contribution in [0.2, 0.25) is 0 Å². The molecule has 18 heavy (non-hydrogen) atoms. The summed E-state index contributed by atoms with van der Waals surface area (Å²) >= 11 is 6.56. The maximum absolute atomic E-state index is 6.56. The Morgan fingerprint density at radius 3 is 2.44 bits per heavy atom. The molecule has 0 radical (unpaired) electrons. The van der Waals surface area contributed by atoms with Crippen molar-refractivity contribution in [3.63, 3.8) is 0 Å². The number of ether oxygens (including phenoxy) is 1. The topological polar surface area (TPSA) is 9.23 Å². The van der Waals surface area contributed by atoms with E-state index in [-0.39, 0.29) is 0 Å². The third kappa shape index (κ3) is 2.88. The lowest BCUT2D eigenvalue weighted by Gasteiger charge is -2.24. The molecule has 1 aliphatic heterocycles. The van der Waals surface area contributed by atoms with Gasteiger partial charge in [-0.05, 0) is 57.3 Å². The second kappa shape index (κ2) is 5.71. The van der Waals surface area contributed by atoms with Crippen LogP contribution in [0.5, 0.6) is 0 Å². The van der Waals surface area contributed by atoms with E-state index < -0.39 is 0 Å². The number of alkyl halides is 1. The second-order valence-corrected chi connectivity index (χ2v) is 7.37. The first-order valence-corrected chi connectivity index (χ1v) is 8.53. The highest BCUT2D eigenvalue weighted by atomic mass is 35.5. The Morgan fingerprint density at radius 2 is 1.72 bits per heavy atom. The summed E-state index contributed by atoms with van der Waals surface area (Å²) in [5, 5.41) is 0.413. The van der Waals surface area contributed by atoms with Crippen molar-refractivity contribution in [1.29, 1.82) is 0 Å². The molecule has 0 N–H and O–H groups in total. The fourth-order valence-electron chi connectivity index (χ4n) is 4.39. The second-order valence-electron chi connectivity index (χ2n) is 6.81. The van der Waals surface area contributed by atoms with Crippen molar-refractivity contribution >= 4 is 11.6 Å². The molecule has 0 aromatic heterocycles. The molecule has 1 heterocycles. The van der Waals surface area contributed by atoms with Crippen molar-refractivity contribution in [3.05, 3.63) is 0 Å². The van der Waals surface area contributed by atoms with Crippen LogP contribution in [0.1, 0.15) is 77.0 Å². The highest BCUT2D eigenvalue weighted by Crippen LogP contribution is 2.44. The van der Waals surface area contributed by atoms with Crippen molar-refractivity contribution in [2.24, 2.45) is 5.92 Å². The molecule has 2 unspecified atom stereocenters. The van der Waals surface area contributed by atoms with Crippen LogP contribution in [0.4, 0.5) is 0 Å². The van der Waals surface area contributed by atoms with E-state index in [0.29, 0.717) is 17.1 Å². The number of halogens is 1. The van der Waals surface area contributed by atoms with E-state index in [1.165, 1.54) is 77.0 Å². The largest absolute Gasteiger partial charge is 0.372 e. The summed E-state index contributed by atoms with van der Waals surface area (Å²) in [6, 6.07) is 0. The molecule has 104 valence electrons. The zero-order valence-corrected chi connectivity index (χ0v) is 12.3. The van der Waals surface area contributed by atoms with Crippen LogP contribution in [0, 0.1) is 5.92 Å². The lowest BCUT2D eigenvalue weighted by atomic mass is 9.96. The zero-order valence-electron chi connectivity index (χ0n) is 11.5. The molecular formula is C16H27ClO. The van der Waals surface area contributed by atoms with Gasteiger partial charge in [0, 0.05) is 5.38 Å². The van der Waals surface area contributed by atoms with Gasteiger partial charge in [0.05, 0.1) is 11.7 Å². The molecule has 0 aromatic carbocycles. The SMILES string of the molecule is ClC(CCC1CCC2(CCCC2)O1)C1CCCC1. The molecule has 2 heteroatoms. The van der Waals surface area contributed by atoms with Gasteiger partial charge in [0.1, 0.15) is 0 Å². The minimum absolute atomic E-state index is 0.305. The van der Waals surface area contributed by atoms with E-state index in [1.54, 1.807) is 0 Å². The smallest absolute Gasteiger partial charge is 0.0687 e. The van der Waals surface area contributed by atoms with Crippen molar-refractivity contribution in [2.45, 2.75) is 94.1 Å². The van der Waals surface area contributed by atoms with Crippen LogP contribution in [0.25, 0.3) is 0 Å². The Morgan fingerprint density at radius 1 is 1.00 bits per heavy atom. The Labute approximate surface area is 117 Å². The van der Waals surface area contributed by atoms with Crippen LogP contribution in [-0.2, 0) is 4.74 Å². The summed E-state index contributed by atoms with van der Waals surface area (Å²) in [6.07, 6.45) is 16.4. The Kier molecular flexibility index (Phi) is 4.20. The molecule has 1 nitrogen and oxygen atoms in total. The molecule has 1 spiro atoms. The first-order chi connectivity index (χ1) is 8.77. The zero-order chi connectivity index (χ0) is 12.4. The fraction of sp³-hybridized carbons (Fsp3) is 1.00. The normalized spacial score (nSPS) is 33.5. The van der Waals surface area contributed by atoms with E-state index >= 15 is 0 Å². The monoisotopic (exact) mass is 270 g/mol. The van der Waals surface area contributed by atoms with E-state index in [9.17, 15) is 0 Å². The van der Waals surface area contributed by atoms with Crippen molar-refractivity contribution < 1.29 is 4.74 Å². The number of hydrogen-bond donors (Lipinski definition) is 0. The molecule has 3 aliphatic rings. The average Bonchev–Trinajstić information content (AvgIpc) is 3.09. The molecule has 1 saturated heterocycles. The van der Waals surface area contributed by atoms with Crippen molar-refractivity contribution in [1.82, 2.24) is 0 Å². The third-order valence-corrected chi connectivity index (χ3v) is 6.10. The molecular weight excluding hydrogens is 244 g/mol. The van der Waals surface area contributed by atoms with Crippen molar-refractivity contribution in [2.75, 3.05) is 0 Å². The molecule has 2 aliphatic carbocycles. The van der Waals surface area contributed by atoms with Crippen LogP contribution in [0.15, 0.2) is 0 Å². The minimum Gasteiger partial charge on any atom is -0.372 e. The first-order valence-electron chi connectivity index (χ1n) is 8.09. The Bertz CT molecular complexity index is 266. The molecule has 2 saturated carbocycles. The third-order valence-electron chi connectivity index (χ3n) is 5.53. The summed E-state index contributed by atoms with van der Waals surface area (Å²) < 4.78 is 6.36. The summed E-state index contributed by atoms with van der Waals surface area (Å²) in [6.45, 7) is 0. The van der Waals surface area contributed by atoms with Gasteiger partial charge >= 0.3 is 0 Å². The Balaban J connectivity index is 1.41. The molecule has 0 bridgehead atoms. The van der Waals surface area contributed by atoms with E-state index in [1.807, 2.05) is 0 Å². The first kappa shape index (κ1) is 13.2. The maximum Gasteiger partial charge on any atom is 0.0687 e. The van der Waals surface area contributed by atoms with Gasteiger partial charge in [0.25, 0.3) is 0 Å². The predicted molar refractivity (Wildman–Crippen MR) is 76.1 cm³/mol. The predicted octanol–water partition coefficient (Wildman–Crippen LogP) is 5.06. The van der Waals surface area contributed by atoms with Gasteiger partial charge in [-0.1, -0.05) is 25.7 Å². The van der Waals surface area contributed by atoms with Gasteiger partial charge in [0.2, 0.25) is 0 Å². The summed E-state index contributed by atoms with van der Waals surface area (Å²) in [5.41, 5.74) is 0.305. The van der Waals surface area contributed by atoms with Gasteiger partial charge in [0.15, 0.2) is 0 Å². The van der Waals surface area contributed by atoms with Gasteiger partial charge < -0.3 is 4.74 Å². The minimum atomic E-state index is 0.305. The van der Waals surface area contributed by atoms with Crippen molar-refractivity contribution in [3.8, 4) is 0 Å². The number of hydrogen-bond acceptors (Lipinski definition) is 1. The molecule has 0 amide bonds. The average molecular weight is 271 g/mol. The maximum atomic E-state index is 6.56. The van der Waals surface area contributed by atoms with Crippen LogP contribution in [-0.4, -0.2) is 17.1 Å². The lowest BCUT2D eigenvalue weighted by molar-refractivity contribution is -0.0396. The summed E-state index contributed by atoms with van der Waals surface area (Å²) in [7, 11) is 0. The van der Waals surface area contributed by atoms with E-state index in [4.69, 9.17) is 16.3 Å². The lowest BCUT2D eigenvalue weighted by Crippen LogP contribution is -2.25. The molecule has 2 atom stereocenters. The van der Waals surface area contributed by atoms with E-state index in [2.05, 4.69) is 0 Å². The fourth-order valence-corrected chi connectivity index (χ4v) is 4.76. The van der Waals surface area contributed by atoms with Crippen LogP contribution in [0.3, 0.4) is 0 Å². The van der Waals surface area contributed by atoms with E-state index in [0.717, 1.165) is 5.92 Å². The van der Waals surface area contributed by atoms with Gasteiger partial charge in [-0.15, -0.1) is 11.6 Å². The highest BCUT2D eigenvalue weighted by molar-refractivity contribution is 6.20. The van der Waals surface area contributed by atoms with Gasteiger partial charge in [-0.2, -0.15) is 0 Å². The number of rotatable bonds is 4. The van der Waals surface area contributed by atoms with Crippen LogP contribution >= 0.6 is 11.6 Å². The standard InChI is InChI=1S/C16H27ClO/c17-15(13-5-1-2-6-13)8-7-14-9-12-16(18-14)10-3-4-11-16/h13-15H,1-12H2. The molecule has 3 fully saturated rings. The highest BCUT2D eigenvalue weighted by Gasteiger charge is 2.42. The van der Waals surface area contributed by atoms with Crippen LogP contribution < -0.4 is 0 Å². The van der Waals surface area contributed by atoms with Gasteiger partial charge in [-0.3, -0.25) is 0 Å². The Hall–Kier alpha value is 0.250. The molecule has 0 aromatic rings. The summed E-state index contributed by atoms with van der Waals surface area (Å²) in [4.78, 5) is 0. The molecule has 3 rings (SSSR count). The van der Waals surface area contributed by atoms with Gasteiger partial charge in [-0.25, -0.2) is 0 Å². The quantitative estimate of drug-likeness (QED) is 0.649.